The highest BCUT2D eigenvalue weighted by Crippen LogP contribution is 1.98. The van der Waals surface area contributed by atoms with Gasteiger partial charge in [-0.15, -0.1) is 0 Å². The number of aromatic nitrogens is 2. The van der Waals surface area contributed by atoms with E-state index in [1.807, 2.05) is 0 Å². The zero-order chi connectivity index (χ0) is 7.40. The van der Waals surface area contributed by atoms with E-state index in [0.29, 0.717) is 12.2 Å². The summed E-state index contributed by atoms with van der Waals surface area (Å²) in [5.41, 5.74) is 5.28. The number of hydrogen-bond acceptors (Lipinski definition) is 4. The maximum absolute atomic E-state index is 9.85. The number of nitrogens with zero attached hydrogens (tertiary/aromatic N) is 2. The van der Waals surface area contributed by atoms with Crippen molar-refractivity contribution in [3.8, 4) is 0 Å². The SMILES string of the molecule is Nc1ccnc(NC=O)n1. The van der Waals surface area contributed by atoms with Gasteiger partial charge in [-0.05, 0) is 6.07 Å². The summed E-state index contributed by atoms with van der Waals surface area (Å²) in [4.78, 5) is 17.2. The van der Waals surface area contributed by atoms with Crippen LogP contribution in [0, 0.1) is 0 Å². The van der Waals surface area contributed by atoms with Gasteiger partial charge in [-0.3, -0.25) is 10.1 Å². The lowest BCUT2D eigenvalue weighted by Crippen LogP contribution is -2.01. The normalized spacial score (nSPS) is 8.80. The van der Waals surface area contributed by atoms with Gasteiger partial charge in [0.2, 0.25) is 12.4 Å². The van der Waals surface area contributed by atoms with Crippen LogP contribution in [0.2, 0.25) is 0 Å². The van der Waals surface area contributed by atoms with Crippen molar-refractivity contribution >= 4 is 18.2 Å². The Morgan fingerprint density at radius 3 is 3.10 bits per heavy atom. The molecule has 0 saturated heterocycles. The van der Waals surface area contributed by atoms with Gasteiger partial charge in [0.15, 0.2) is 0 Å². The second kappa shape index (κ2) is 2.77. The quantitative estimate of drug-likeness (QED) is 0.546. The van der Waals surface area contributed by atoms with Crippen LogP contribution in [-0.4, -0.2) is 16.4 Å². The Bertz CT molecular complexity index is 237. The smallest absolute Gasteiger partial charge is 0.231 e. The average Bonchev–Trinajstić information content (AvgIpc) is 1.88. The highest BCUT2D eigenvalue weighted by molar-refractivity contribution is 5.66. The van der Waals surface area contributed by atoms with Gasteiger partial charge < -0.3 is 5.73 Å². The van der Waals surface area contributed by atoms with Crippen molar-refractivity contribution in [3.63, 3.8) is 0 Å². The number of carbonyl (C=O) groups is 1. The van der Waals surface area contributed by atoms with E-state index >= 15 is 0 Å². The molecule has 1 rings (SSSR count). The lowest BCUT2D eigenvalue weighted by Gasteiger charge is -1.94. The molecule has 1 aromatic heterocycles. The van der Waals surface area contributed by atoms with Gasteiger partial charge >= 0.3 is 0 Å². The van der Waals surface area contributed by atoms with Crippen LogP contribution in [0.25, 0.3) is 0 Å². The number of hydrogen-bond donors (Lipinski definition) is 2. The second-order valence-corrected chi connectivity index (χ2v) is 1.57. The highest BCUT2D eigenvalue weighted by atomic mass is 16.1. The minimum Gasteiger partial charge on any atom is -0.384 e. The van der Waals surface area contributed by atoms with Crippen LogP contribution in [0.15, 0.2) is 12.3 Å². The van der Waals surface area contributed by atoms with E-state index in [0.717, 1.165) is 0 Å². The molecule has 0 aliphatic heterocycles. The molecule has 5 nitrogen and oxygen atoms in total. The molecule has 0 unspecified atom stereocenters. The van der Waals surface area contributed by atoms with Gasteiger partial charge in [0.05, 0.1) is 0 Å². The molecule has 0 bridgehead atoms. The zero-order valence-electron chi connectivity index (χ0n) is 5.11. The first-order valence-electron chi connectivity index (χ1n) is 2.61. The van der Waals surface area contributed by atoms with Gasteiger partial charge in [-0.2, -0.15) is 4.98 Å². The Kier molecular flexibility index (Phi) is 1.79. The molecular weight excluding hydrogens is 132 g/mol. The van der Waals surface area contributed by atoms with Crippen LogP contribution in [0.1, 0.15) is 0 Å². The Hall–Kier alpha value is -1.65. The second-order valence-electron chi connectivity index (χ2n) is 1.57. The molecule has 1 amide bonds. The summed E-state index contributed by atoms with van der Waals surface area (Å²) < 4.78 is 0. The van der Waals surface area contributed by atoms with Crippen molar-refractivity contribution in [1.29, 1.82) is 0 Å². The van der Waals surface area contributed by atoms with Crippen molar-refractivity contribution in [2.75, 3.05) is 11.1 Å². The van der Waals surface area contributed by atoms with E-state index in [-0.39, 0.29) is 5.95 Å². The Labute approximate surface area is 57.3 Å². The third kappa shape index (κ3) is 1.41. The number of nitrogens with two attached hydrogens (primary N) is 1. The van der Waals surface area contributed by atoms with Gasteiger partial charge in [-0.25, -0.2) is 4.98 Å². The minimum absolute atomic E-state index is 0.218. The summed E-state index contributed by atoms with van der Waals surface area (Å²) in [5.74, 6) is 0.550. The van der Waals surface area contributed by atoms with Crippen LogP contribution in [-0.2, 0) is 4.79 Å². The lowest BCUT2D eigenvalue weighted by molar-refractivity contribution is -0.105. The summed E-state index contributed by atoms with van der Waals surface area (Å²) >= 11 is 0. The molecule has 0 aliphatic carbocycles. The predicted molar refractivity (Wildman–Crippen MR) is 36.1 cm³/mol. The fourth-order valence-corrected chi connectivity index (χ4v) is 0.495. The van der Waals surface area contributed by atoms with Crippen molar-refractivity contribution in [2.24, 2.45) is 0 Å². The number of amides is 1. The summed E-state index contributed by atoms with van der Waals surface area (Å²) in [5, 5.41) is 2.27. The van der Waals surface area contributed by atoms with Gasteiger partial charge in [0.1, 0.15) is 5.82 Å². The van der Waals surface area contributed by atoms with Crippen LogP contribution < -0.4 is 11.1 Å². The summed E-state index contributed by atoms with van der Waals surface area (Å²) in [6, 6.07) is 1.54. The lowest BCUT2D eigenvalue weighted by atomic mass is 10.6. The van der Waals surface area contributed by atoms with Crippen molar-refractivity contribution in [2.45, 2.75) is 0 Å². The van der Waals surface area contributed by atoms with E-state index in [1.165, 1.54) is 12.3 Å². The number of nitrogen functional groups attached to an aromatic ring is 1. The molecule has 0 fully saturated rings. The standard InChI is InChI=1S/C5H6N4O/c6-4-1-2-7-5(9-4)8-3-10/h1-3H,(H3,6,7,8,9,10). The summed E-state index contributed by atoms with van der Waals surface area (Å²) in [7, 11) is 0. The van der Waals surface area contributed by atoms with Crippen LogP contribution in [0.5, 0.6) is 0 Å². The first-order chi connectivity index (χ1) is 4.83. The number of carbonyl (C=O) groups excluding carboxylic acids is 1. The third-order valence-corrected chi connectivity index (χ3v) is 0.865. The van der Waals surface area contributed by atoms with E-state index < -0.39 is 0 Å². The molecule has 0 spiro atoms. The van der Waals surface area contributed by atoms with Gasteiger partial charge in [0.25, 0.3) is 0 Å². The molecule has 0 radical (unpaired) electrons. The summed E-state index contributed by atoms with van der Waals surface area (Å²) in [6.07, 6.45) is 1.96. The molecule has 0 atom stereocenters. The molecule has 52 valence electrons. The molecule has 5 heteroatoms. The van der Waals surface area contributed by atoms with Crippen LogP contribution in [0.4, 0.5) is 11.8 Å². The molecule has 0 saturated carbocycles. The molecule has 3 N–H and O–H groups in total. The predicted octanol–water partition coefficient (Wildman–Crippen LogP) is -0.373. The number of rotatable bonds is 2. The first-order valence-corrected chi connectivity index (χ1v) is 2.61. The van der Waals surface area contributed by atoms with E-state index in [1.54, 1.807) is 0 Å². The minimum atomic E-state index is 0.218. The molecular formula is C5H6N4O. The largest absolute Gasteiger partial charge is 0.384 e. The summed E-state index contributed by atoms with van der Waals surface area (Å²) in [6.45, 7) is 0. The van der Waals surface area contributed by atoms with Crippen molar-refractivity contribution in [3.05, 3.63) is 12.3 Å². The first kappa shape index (κ1) is 6.47. The zero-order valence-corrected chi connectivity index (χ0v) is 5.11. The fourth-order valence-electron chi connectivity index (χ4n) is 0.495. The maximum Gasteiger partial charge on any atom is 0.231 e. The fraction of sp³-hybridized carbons (Fsp3) is 0. The Balaban J connectivity index is 2.84. The van der Waals surface area contributed by atoms with Gasteiger partial charge in [0, 0.05) is 6.20 Å². The van der Waals surface area contributed by atoms with E-state index in [9.17, 15) is 4.79 Å². The molecule has 0 aromatic carbocycles. The topological polar surface area (TPSA) is 80.9 Å². The Morgan fingerprint density at radius 1 is 1.70 bits per heavy atom. The van der Waals surface area contributed by atoms with Crippen molar-refractivity contribution < 1.29 is 4.79 Å². The average molecular weight is 138 g/mol. The molecule has 10 heavy (non-hydrogen) atoms. The van der Waals surface area contributed by atoms with Crippen molar-refractivity contribution in [1.82, 2.24) is 9.97 Å². The van der Waals surface area contributed by atoms with Crippen LogP contribution in [0.3, 0.4) is 0 Å². The molecule has 1 aromatic rings. The molecule has 0 aliphatic rings. The number of nitrogens with one attached hydrogen (secondary N) is 1. The third-order valence-electron chi connectivity index (χ3n) is 0.865. The monoisotopic (exact) mass is 138 g/mol. The number of anilines is 2. The van der Waals surface area contributed by atoms with Crippen LogP contribution >= 0.6 is 0 Å². The molecule has 1 heterocycles. The van der Waals surface area contributed by atoms with E-state index in [4.69, 9.17) is 5.73 Å². The van der Waals surface area contributed by atoms with Gasteiger partial charge in [-0.1, -0.05) is 0 Å². The Morgan fingerprint density at radius 2 is 2.50 bits per heavy atom. The van der Waals surface area contributed by atoms with E-state index in [2.05, 4.69) is 15.3 Å². The highest BCUT2D eigenvalue weighted by Gasteiger charge is 1.91. The maximum atomic E-state index is 9.85.